The number of allylic oxidation sites excluding steroid dienone is 7. The molecule has 0 saturated heterocycles. The van der Waals surface area contributed by atoms with E-state index in [-0.39, 0.29) is 18.5 Å². The van der Waals surface area contributed by atoms with Crippen LogP contribution in [0.1, 0.15) is 418 Å². The molecule has 0 aliphatic rings. The molecule has 0 saturated carbocycles. The first-order valence-electron chi connectivity index (χ1n) is 38.4. The van der Waals surface area contributed by atoms with E-state index in [1.165, 1.54) is 340 Å². The maximum Gasteiger partial charge on any atom is 0.305 e. The Balaban J connectivity index is 3.42. The van der Waals surface area contributed by atoms with Crippen LogP contribution in [-0.2, 0) is 14.3 Å². The molecule has 0 heterocycles. The Labute approximate surface area is 531 Å². The summed E-state index contributed by atoms with van der Waals surface area (Å²) in [5.41, 5.74) is 0. The summed E-state index contributed by atoms with van der Waals surface area (Å²) in [6, 6.07) is -0.630. The van der Waals surface area contributed by atoms with Gasteiger partial charge in [0.15, 0.2) is 0 Å². The van der Waals surface area contributed by atoms with E-state index in [1.54, 1.807) is 6.08 Å². The Kier molecular flexibility index (Phi) is 72.4. The quantitative estimate of drug-likeness (QED) is 0.0320. The fraction of sp³-hybridized carbons (Fsp3) is 0.873. The highest BCUT2D eigenvalue weighted by molar-refractivity contribution is 5.76. The SMILES string of the molecule is CCCCCCCC/C=C\CCCCCCCCCCCC(=O)OCCCCCCCCCCC/C=C\C/C=C\CCCCCCCCCCCCCCCC(=O)NC(CO)C(O)/C=C/CCCCCCCCCCCCCCCCCCCC. The number of ether oxygens (including phenoxy) is 1. The average Bonchev–Trinajstić information content (AvgIpc) is 3.50. The van der Waals surface area contributed by atoms with Gasteiger partial charge in [-0.2, -0.15) is 0 Å². The van der Waals surface area contributed by atoms with Crippen LogP contribution in [0.25, 0.3) is 0 Å². The van der Waals surface area contributed by atoms with E-state index in [0.29, 0.717) is 19.4 Å². The Hall–Kier alpha value is -2.18. The summed E-state index contributed by atoms with van der Waals surface area (Å²) in [5.74, 6) is -0.0538. The van der Waals surface area contributed by atoms with Gasteiger partial charge in [0, 0.05) is 12.8 Å². The summed E-state index contributed by atoms with van der Waals surface area (Å²) in [4.78, 5) is 24.7. The van der Waals surface area contributed by atoms with Crippen LogP contribution in [-0.4, -0.2) is 47.4 Å². The predicted molar refractivity (Wildman–Crippen MR) is 375 cm³/mol. The van der Waals surface area contributed by atoms with Gasteiger partial charge in [-0.1, -0.05) is 364 Å². The van der Waals surface area contributed by atoms with Crippen molar-refractivity contribution in [2.45, 2.75) is 431 Å². The topological polar surface area (TPSA) is 95.9 Å². The minimum absolute atomic E-state index is 0.0118. The third-order valence-corrected chi connectivity index (χ3v) is 17.8. The van der Waals surface area contributed by atoms with E-state index < -0.39 is 12.1 Å². The molecule has 0 radical (unpaired) electrons. The van der Waals surface area contributed by atoms with Crippen LogP contribution in [0.5, 0.6) is 0 Å². The van der Waals surface area contributed by atoms with Crippen molar-refractivity contribution in [3.8, 4) is 0 Å². The van der Waals surface area contributed by atoms with Crippen LogP contribution in [0.4, 0.5) is 0 Å². The Morgan fingerprint density at radius 2 is 0.588 bits per heavy atom. The molecule has 0 bridgehead atoms. The number of aliphatic hydroxyl groups excluding tert-OH is 2. The smallest absolute Gasteiger partial charge is 0.305 e. The third kappa shape index (κ3) is 70.8. The van der Waals surface area contributed by atoms with Gasteiger partial charge in [0.1, 0.15) is 0 Å². The van der Waals surface area contributed by atoms with Gasteiger partial charge < -0.3 is 20.3 Å². The Morgan fingerprint density at radius 3 is 0.906 bits per heavy atom. The van der Waals surface area contributed by atoms with Gasteiger partial charge in [-0.3, -0.25) is 9.59 Å². The Morgan fingerprint density at radius 1 is 0.329 bits per heavy atom. The third-order valence-electron chi connectivity index (χ3n) is 17.8. The normalized spacial score (nSPS) is 12.8. The molecule has 1 amide bonds. The van der Waals surface area contributed by atoms with Crippen LogP contribution < -0.4 is 5.32 Å². The summed E-state index contributed by atoms with van der Waals surface area (Å²) in [5, 5.41) is 23.3. The molecule has 6 nitrogen and oxygen atoms in total. The molecule has 0 fully saturated rings. The molecule has 0 aromatic rings. The molecule has 0 aliphatic carbocycles. The number of hydrogen-bond acceptors (Lipinski definition) is 5. The van der Waals surface area contributed by atoms with Crippen LogP contribution in [0.2, 0.25) is 0 Å². The van der Waals surface area contributed by atoms with E-state index in [0.717, 1.165) is 51.4 Å². The summed E-state index contributed by atoms with van der Waals surface area (Å²) in [6.45, 7) is 4.93. The standard InChI is InChI=1S/C79H149NO5/c1-3-5-7-9-11-13-15-17-19-21-23-36-39-43-47-51-55-59-63-67-71-77(82)76(75-81)80-78(83)72-68-64-60-56-52-48-44-40-37-33-31-29-27-25-24-26-28-30-32-34-38-42-46-50-54-58-62-66-70-74-85-79(84)73-69-65-61-57-53-49-45-41-35-22-20-18-16-14-12-10-8-6-4-2/h18,20,24,26,30,32,67,71,76-77,81-82H,3-17,19,21-23,25,27-29,31,33-66,68-70,72-75H2,1-2H3,(H,80,83)/b20-18-,26-24-,32-30-,71-67+. The zero-order valence-electron chi connectivity index (χ0n) is 57.4. The van der Waals surface area contributed by atoms with E-state index in [4.69, 9.17) is 4.74 Å². The molecule has 0 aromatic carbocycles. The molecule has 0 aliphatic heterocycles. The number of hydrogen-bond donors (Lipinski definition) is 3. The number of amides is 1. The lowest BCUT2D eigenvalue weighted by Gasteiger charge is -2.20. The lowest BCUT2D eigenvalue weighted by atomic mass is 10.0. The molecule has 85 heavy (non-hydrogen) atoms. The Bertz CT molecular complexity index is 1420. The second-order valence-electron chi connectivity index (χ2n) is 26.3. The number of rotatable bonds is 72. The fourth-order valence-corrected chi connectivity index (χ4v) is 12.0. The second kappa shape index (κ2) is 74.3. The number of carbonyl (C=O) groups is 2. The van der Waals surface area contributed by atoms with Crippen molar-refractivity contribution in [3.05, 3.63) is 48.6 Å². The second-order valence-corrected chi connectivity index (χ2v) is 26.3. The lowest BCUT2D eigenvalue weighted by Crippen LogP contribution is -2.45. The predicted octanol–water partition coefficient (Wildman–Crippen LogP) is 25.2. The van der Waals surface area contributed by atoms with Crippen molar-refractivity contribution in [2.75, 3.05) is 13.2 Å². The van der Waals surface area contributed by atoms with Gasteiger partial charge in [-0.05, 0) is 89.9 Å². The van der Waals surface area contributed by atoms with Gasteiger partial charge in [-0.25, -0.2) is 0 Å². The molecule has 0 rings (SSSR count). The number of nitrogens with one attached hydrogen (secondary N) is 1. The molecule has 6 heteroatoms. The molecule has 3 N–H and O–H groups in total. The van der Waals surface area contributed by atoms with E-state index in [2.05, 4.69) is 55.6 Å². The average molecular weight is 1190 g/mol. The van der Waals surface area contributed by atoms with Crippen LogP contribution in [0.15, 0.2) is 48.6 Å². The molecule has 0 aromatic heterocycles. The van der Waals surface area contributed by atoms with Gasteiger partial charge in [0.05, 0.1) is 25.4 Å². The minimum Gasteiger partial charge on any atom is -0.466 e. The molecular formula is C79H149NO5. The summed E-state index contributed by atoms with van der Waals surface area (Å²) >= 11 is 0. The molecule has 0 spiro atoms. The zero-order chi connectivity index (χ0) is 61.3. The summed E-state index contributed by atoms with van der Waals surface area (Å²) < 4.78 is 5.51. The highest BCUT2D eigenvalue weighted by Gasteiger charge is 2.18. The van der Waals surface area contributed by atoms with Gasteiger partial charge in [0.25, 0.3) is 0 Å². The first kappa shape index (κ1) is 82.8. The van der Waals surface area contributed by atoms with Crippen molar-refractivity contribution >= 4 is 11.9 Å². The highest BCUT2D eigenvalue weighted by atomic mass is 16.5. The van der Waals surface area contributed by atoms with E-state index in [1.807, 2.05) is 6.08 Å². The first-order chi connectivity index (χ1) is 42.0. The minimum atomic E-state index is -0.847. The van der Waals surface area contributed by atoms with Crippen molar-refractivity contribution in [3.63, 3.8) is 0 Å². The first-order valence-corrected chi connectivity index (χ1v) is 38.4. The van der Waals surface area contributed by atoms with Gasteiger partial charge in [-0.15, -0.1) is 0 Å². The number of carbonyl (C=O) groups excluding carboxylic acids is 2. The van der Waals surface area contributed by atoms with Crippen LogP contribution in [0.3, 0.4) is 0 Å². The molecule has 2 unspecified atom stereocenters. The van der Waals surface area contributed by atoms with Gasteiger partial charge in [0.2, 0.25) is 5.91 Å². The summed E-state index contributed by atoms with van der Waals surface area (Å²) in [7, 11) is 0. The molecule has 500 valence electrons. The fourth-order valence-electron chi connectivity index (χ4n) is 12.0. The van der Waals surface area contributed by atoms with Crippen LogP contribution >= 0.6 is 0 Å². The summed E-state index contributed by atoms with van der Waals surface area (Å²) in [6.07, 6.45) is 97.8. The molecular weight excluding hydrogens is 1040 g/mol. The highest BCUT2D eigenvalue weighted by Crippen LogP contribution is 2.19. The van der Waals surface area contributed by atoms with Crippen molar-refractivity contribution in [2.24, 2.45) is 0 Å². The maximum absolute atomic E-state index is 12.5. The lowest BCUT2D eigenvalue weighted by molar-refractivity contribution is -0.143. The molecule has 2 atom stereocenters. The van der Waals surface area contributed by atoms with Crippen molar-refractivity contribution in [1.82, 2.24) is 5.32 Å². The van der Waals surface area contributed by atoms with Crippen LogP contribution in [0, 0.1) is 0 Å². The van der Waals surface area contributed by atoms with Gasteiger partial charge >= 0.3 is 5.97 Å². The number of aliphatic hydroxyl groups is 2. The van der Waals surface area contributed by atoms with E-state index >= 15 is 0 Å². The largest absolute Gasteiger partial charge is 0.466 e. The van der Waals surface area contributed by atoms with Crippen molar-refractivity contribution in [1.29, 1.82) is 0 Å². The zero-order valence-corrected chi connectivity index (χ0v) is 57.4. The van der Waals surface area contributed by atoms with E-state index in [9.17, 15) is 19.8 Å². The number of esters is 1. The maximum atomic E-state index is 12.5. The number of unbranched alkanes of at least 4 members (excludes halogenated alkanes) is 55. The van der Waals surface area contributed by atoms with Crippen molar-refractivity contribution < 1.29 is 24.5 Å². The monoisotopic (exact) mass is 1190 g/mol.